The van der Waals surface area contributed by atoms with Gasteiger partial charge >= 0.3 is 0 Å². The van der Waals surface area contributed by atoms with Crippen molar-refractivity contribution in [3.8, 4) is 0 Å². The number of aromatic nitrogens is 1. The van der Waals surface area contributed by atoms with E-state index in [-0.39, 0.29) is 17.3 Å². The number of hydrogen-bond donors (Lipinski definition) is 1. The molecule has 1 fully saturated rings. The molecule has 5 nitrogen and oxygen atoms in total. The maximum absolute atomic E-state index is 11.5. The van der Waals surface area contributed by atoms with Gasteiger partial charge < -0.3 is 19.4 Å². The molecule has 0 aliphatic carbocycles. The Morgan fingerprint density at radius 3 is 3.11 bits per heavy atom. The maximum Gasteiger partial charge on any atom is 0.250 e. The van der Waals surface area contributed by atoms with E-state index >= 15 is 0 Å². The summed E-state index contributed by atoms with van der Waals surface area (Å²) in [7, 11) is 0. The highest BCUT2D eigenvalue weighted by Crippen LogP contribution is 2.15. The Morgan fingerprint density at radius 2 is 2.37 bits per heavy atom. The number of pyridine rings is 1. The molecule has 0 bridgehead atoms. The lowest BCUT2D eigenvalue weighted by atomic mass is 10.1. The van der Waals surface area contributed by atoms with Crippen LogP contribution in [0.2, 0.25) is 0 Å². The molecule has 1 atom stereocenters. The summed E-state index contributed by atoms with van der Waals surface area (Å²) in [6.45, 7) is 7.45. The van der Waals surface area contributed by atoms with Crippen LogP contribution in [0.5, 0.6) is 0 Å². The van der Waals surface area contributed by atoms with E-state index in [0.717, 1.165) is 13.1 Å². The predicted molar refractivity (Wildman–Crippen MR) is 73.3 cm³/mol. The van der Waals surface area contributed by atoms with Gasteiger partial charge in [0.2, 0.25) is 0 Å². The summed E-state index contributed by atoms with van der Waals surface area (Å²) in [5.74, 6) is 0. The van der Waals surface area contributed by atoms with Gasteiger partial charge in [-0.25, -0.2) is 0 Å². The van der Waals surface area contributed by atoms with Crippen molar-refractivity contribution in [2.75, 3.05) is 26.3 Å². The van der Waals surface area contributed by atoms with Gasteiger partial charge in [-0.3, -0.25) is 4.79 Å². The van der Waals surface area contributed by atoms with Crippen LogP contribution in [-0.4, -0.2) is 42.6 Å². The van der Waals surface area contributed by atoms with Crippen LogP contribution in [0.3, 0.4) is 0 Å². The quantitative estimate of drug-likeness (QED) is 0.794. The van der Waals surface area contributed by atoms with Crippen molar-refractivity contribution < 1.29 is 9.47 Å². The number of hydrogen-bond acceptors (Lipinski definition) is 4. The summed E-state index contributed by atoms with van der Waals surface area (Å²) in [5.41, 5.74) is -0.134. The van der Waals surface area contributed by atoms with Crippen molar-refractivity contribution in [1.29, 1.82) is 0 Å². The average molecular weight is 266 g/mol. The molecule has 1 aromatic rings. The second kappa shape index (κ2) is 6.32. The van der Waals surface area contributed by atoms with Gasteiger partial charge in [0.1, 0.15) is 0 Å². The standard InChI is InChI=1S/C14H22N2O3/c1-14(2)11-15-9-12(19-14)10-18-8-7-16-6-4-3-5-13(16)17/h3-6,12,15H,7-11H2,1-2H3. The maximum atomic E-state index is 11.5. The molecule has 106 valence electrons. The molecule has 2 rings (SSSR count). The summed E-state index contributed by atoms with van der Waals surface area (Å²) in [6.07, 6.45) is 1.85. The van der Waals surface area contributed by atoms with Crippen LogP contribution in [0.4, 0.5) is 0 Å². The van der Waals surface area contributed by atoms with Crippen LogP contribution in [0.25, 0.3) is 0 Å². The Hall–Kier alpha value is -1.17. The highest BCUT2D eigenvalue weighted by atomic mass is 16.5. The smallest absolute Gasteiger partial charge is 0.250 e. The molecule has 1 aromatic heterocycles. The lowest BCUT2D eigenvalue weighted by molar-refractivity contribution is -0.120. The van der Waals surface area contributed by atoms with Gasteiger partial charge in [0.05, 0.1) is 24.9 Å². The van der Waals surface area contributed by atoms with Crippen LogP contribution in [0.1, 0.15) is 13.8 Å². The number of nitrogens with one attached hydrogen (secondary N) is 1. The van der Waals surface area contributed by atoms with E-state index in [0.29, 0.717) is 19.8 Å². The topological polar surface area (TPSA) is 52.5 Å². The first-order valence-electron chi connectivity index (χ1n) is 6.69. The Kier molecular flexibility index (Phi) is 4.74. The minimum atomic E-state index is -0.136. The van der Waals surface area contributed by atoms with E-state index in [4.69, 9.17) is 9.47 Å². The van der Waals surface area contributed by atoms with Crippen LogP contribution < -0.4 is 10.9 Å². The zero-order valence-corrected chi connectivity index (χ0v) is 11.6. The molecule has 19 heavy (non-hydrogen) atoms. The van der Waals surface area contributed by atoms with Crippen LogP contribution >= 0.6 is 0 Å². The van der Waals surface area contributed by atoms with Gasteiger partial charge in [-0.2, -0.15) is 0 Å². The summed E-state index contributed by atoms with van der Waals surface area (Å²) in [4.78, 5) is 11.5. The second-order valence-corrected chi connectivity index (χ2v) is 5.44. The van der Waals surface area contributed by atoms with Crippen molar-refractivity contribution in [3.05, 3.63) is 34.7 Å². The Balaban J connectivity index is 1.70. The van der Waals surface area contributed by atoms with Crippen molar-refractivity contribution in [2.45, 2.75) is 32.1 Å². The monoisotopic (exact) mass is 266 g/mol. The van der Waals surface area contributed by atoms with Gasteiger partial charge in [-0.05, 0) is 19.9 Å². The van der Waals surface area contributed by atoms with E-state index in [1.165, 1.54) is 0 Å². The van der Waals surface area contributed by atoms with E-state index in [1.807, 2.05) is 6.07 Å². The van der Waals surface area contributed by atoms with Crippen molar-refractivity contribution in [3.63, 3.8) is 0 Å². The first-order valence-corrected chi connectivity index (χ1v) is 6.69. The van der Waals surface area contributed by atoms with E-state index in [9.17, 15) is 4.79 Å². The Morgan fingerprint density at radius 1 is 1.53 bits per heavy atom. The molecular formula is C14H22N2O3. The number of morpholine rings is 1. The number of ether oxygens (including phenoxy) is 2. The zero-order chi connectivity index (χ0) is 13.7. The number of nitrogens with zero attached hydrogens (tertiary/aromatic N) is 1. The highest BCUT2D eigenvalue weighted by molar-refractivity contribution is 4.93. The fourth-order valence-electron chi connectivity index (χ4n) is 2.18. The lowest BCUT2D eigenvalue weighted by Crippen LogP contribution is -2.51. The van der Waals surface area contributed by atoms with E-state index in [2.05, 4.69) is 19.2 Å². The summed E-state index contributed by atoms with van der Waals surface area (Å²) < 4.78 is 13.1. The first-order chi connectivity index (χ1) is 9.07. The van der Waals surface area contributed by atoms with Gasteiger partial charge in [-0.1, -0.05) is 6.07 Å². The van der Waals surface area contributed by atoms with Crippen LogP contribution in [0.15, 0.2) is 29.2 Å². The first kappa shape index (κ1) is 14.2. The molecule has 1 unspecified atom stereocenters. The molecule has 5 heteroatoms. The third kappa shape index (κ3) is 4.45. The summed E-state index contributed by atoms with van der Waals surface area (Å²) in [5, 5.41) is 3.33. The molecule has 1 saturated heterocycles. The highest BCUT2D eigenvalue weighted by Gasteiger charge is 2.28. The van der Waals surface area contributed by atoms with E-state index < -0.39 is 0 Å². The third-order valence-electron chi connectivity index (χ3n) is 3.09. The van der Waals surface area contributed by atoms with Crippen molar-refractivity contribution >= 4 is 0 Å². The normalized spacial score (nSPS) is 22.3. The average Bonchev–Trinajstić information content (AvgIpc) is 2.35. The minimum Gasteiger partial charge on any atom is -0.377 e. The van der Waals surface area contributed by atoms with Gasteiger partial charge in [0, 0.05) is 31.9 Å². The Bertz CT molecular complexity index is 456. The predicted octanol–water partition coefficient (Wildman–Crippen LogP) is 0.632. The van der Waals surface area contributed by atoms with Crippen LogP contribution in [-0.2, 0) is 16.0 Å². The summed E-state index contributed by atoms with van der Waals surface area (Å²) in [6, 6.07) is 5.14. The minimum absolute atomic E-state index is 0.00261. The molecular weight excluding hydrogens is 244 g/mol. The number of rotatable bonds is 5. The molecule has 1 aliphatic heterocycles. The third-order valence-corrected chi connectivity index (χ3v) is 3.09. The fraction of sp³-hybridized carbons (Fsp3) is 0.643. The van der Waals surface area contributed by atoms with Crippen molar-refractivity contribution in [1.82, 2.24) is 9.88 Å². The fourth-order valence-corrected chi connectivity index (χ4v) is 2.18. The molecule has 0 radical (unpaired) electrons. The van der Waals surface area contributed by atoms with Gasteiger partial charge in [0.15, 0.2) is 0 Å². The van der Waals surface area contributed by atoms with Gasteiger partial charge in [-0.15, -0.1) is 0 Å². The molecule has 0 saturated carbocycles. The van der Waals surface area contributed by atoms with E-state index in [1.54, 1.807) is 22.9 Å². The molecule has 0 amide bonds. The lowest BCUT2D eigenvalue weighted by Gasteiger charge is -2.36. The largest absolute Gasteiger partial charge is 0.377 e. The molecule has 1 aliphatic rings. The molecule has 0 aromatic carbocycles. The molecule has 0 spiro atoms. The molecule has 2 heterocycles. The van der Waals surface area contributed by atoms with Crippen LogP contribution in [0, 0.1) is 0 Å². The zero-order valence-electron chi connectivity index (χ0n) is 11.6. The second-order valence-electron chi connectivity index (χ2n) is 5.44. The summed E-state index contributed by atoms with van der Waals surface area (Å²) >= 11 is 0. The molecule has 1 N–H and O–H groups in total. The van der Waals surface area contributed by atoms with Gasteiger partial charge in [0.25, 0.3) is 5.56 Å². The Labute approximate surface area is 113 Å². The van der Waals surface area contributed by atoms with Crippen molar-refractivity contribution in [2.24, 2.45) is 0 Å². The SMILES string of the molecule is CC1(C)CNCC(COCCn2ccccc2=O)O1.